The van der Waals surface area contributed by atoms with Crippen LogP contribution in [-0.2, 0) is 14.8 Å². The normalized spacial score (nSPS) is 15.0. The summed E-state index contributed by atoms with van der Waals surface area (Å²) in [5.41, 5.74) is 1.05. The molecule has 31 heavy (non-hydrogen) atoms. The molecule has 0 radical (unpaired) electrons. The Kier molecular flexibility index (Phi) is 7.75. The lowest BCUT2D eigenvalue weighted by Gasteiger charge is -2.21. The second-order valence-corrected chi connectivity index (χ2v) is 9.25. The van der Waals surface area contributed by atoms with Gasteiger partial charge in [-0.2, -0.15) is 4.31 Å². The minimum Gasteiger partial charge on any atom is -0.497 e. The summed E-state index contributed by atoms with van der Waals surface area (Å²) in [6.07, 6.45) is 3.82. The molecule has 8 nitrogen and oxygen atoms in total. The van der Waals surface area contributed by atoms with E-state index in [1.54, 1.807) is 47.8 Å². The number of sulfonamides is 1. The van der Waals surface area contributed by atoms with E-state index in [1.165, 1.54) is 13.2 Å². The maximum absolute atomic E-state index is 13.1. The highest BCUT2D eigenvalue weighted by atomic mass is 32.2. The first-order valence-corrected chi connectivity index (χ1v) is 11.7. The first kappa shape index (κ1) is 22.9. The number of hydrogen-bond acceptors (Lipinski definition) is 6. The van der Waals surface area contributed by atoms with Gasteiger partial charge in [-0.3, -0.25) is 4.79 Å². The van der Waals surface area contributed by atoms with Crippen LogP contribution in [0.1, 0.15) is 25.7 Å². The van der Waals surface area contributed by atoms with E-state index in [1.807, 2.05) is 0 Å². The third-order valence-electron chi connectivity index (χ3n) is 5.17. The summed E-state index contributed by atoms with van der Waals surface area (Å²) in [5, 5.41) is 5.77. The van der Waals surface area contributed by atoms with Gasteiger partial charge >= 0.3 is 0 Å². The van der Waals surface area contributed by atoms with Crippen molar-refractivity contribution in [1.29, 1.82) is 0 Å². The molecule has 0 unspecified atom stereocenters. The fourth-order valence-electron chi connectivity index (χ4n) is 3.50. The number of hydrogen-bond donors (Lipinski definition) is 2. The second-order valence-electron chi connectivity index (χ2n) is 7.31. The van der Waals surface area contributed by atoms with Crippen LogP contribution in [0.3, 0.4) is 0 Å². The summed E-state index contributed by atoms with van der Waals surface area (Å²) in [5.74, 6) is 0.818. The fourth-order valence-corrected chi connectivity index (χ4v) is 5.04. The van der Waals surface area contributed by atoms with Crippen LogP contribution >= 0.6 is 0 Å². The molecule has 2 N–H and O–H groups in total. The molecule has 0 aromatic heterocycles. The van der Waals surface area contributed by atoms with Crippen molar-refractivity contribution in [2.75, 3.05) is 44.5 Å². The standard InChI is InChI=1S/C22H29N3O5S/c1-29-18-9-7-8-17(14-18)24-22(26)16-23-20-15-19(10-11-21(20)30-2)31(27,28)25-12-5-3-4-6-13-25/h7-11,14-15,23H,3-6,12-13,16H2,1-2H3,(H,24,26). The summed E-state index contributed by atoms with van der Waals surface area (Å²) < 4.78 is 38.2. The van der Waals surface area contributed by atoms with Crippen molar-refractivity contribution >= 4 is 27.3 Å². The van der Waals surface area contributed by atoms with Crippen LogP contribution in [0.4, 0.5) is 11.4 Å². The van der Waals surface area contributed by atoms with Crippen molar-refractivity contribution in [3.05, 3.63) is 42.5 Å². The number of carbonyl (C=O) groups is 1. The zero-order valence-electron chi connectivity index (χ0n) is 17.9. The Labute approximate surface area is 183 Å². The third kappa shape index (κ3) is 5.89. The predicted molar refractivity (Wildman–Crippen MR) is 120 cm³/mol. The zero-order valence-corrected chi connectivity index (χ0v) is 18.7. The van der Waals surface area contributed by atoms with Gasteiger partial charge in [-0.1, -0.05) is 18.9 Å². The van der Waals surface area contributed by atoms with Crippen molar-refractivity contribution in [2.45, 2.75) is 30.6 Å². The Morgan fingerprint density at radius 1 is 1.00 bits per heavy atom. The van der Waals surface area contributed by atoms with Crippen LogP contribution in [0.15, 0.2) is 47.4 Å². The summed E-state index contributed by atoms with van der Waals surface area (Å²) in [6.45, 7) is 1.00. The molecule has 0 atom stereocenters. The second kappa shape index (κ2) is 10.5. The van der Waals surface area contributed by atoms with E-state index in [0.29, 0.717) is 36.0 Å². The van der Waals surface area contributed by atoms with Gasteiger partial charge in [0.05, 0.1) is 31.3 Å². The molecule has 1 saturated heterocycles. The van der Waals surface area contributed by atoms with Crippen LogP contribution in [0.2, 0.25) is 0 Å². The van der Waals surface area contributed by atoms with Crippen molar-refractivity contribution in [1.82, 2.24) is 4.31 Å². The highest BCUT2D eigenvalue weighted by Crippen LogP contribution is 2.29. The molecular weight excluding hydrogens is 418 g/mol. The highest BCUT2D eigenvalue weighted by Gasteiger charge is 2.26. The van der Waals surface area contributed by atoms with Gasteiger partial charge in [0.1, 0.15) is 11.5 Å². The van der Waals surface area contributed by atoms with E-state index < -0.39 is 10.0 Å². The van der Waals surface area contributed by atoms with Gasteiger partial charge in [-0.15, -0.1) is 0 Å². The molecule has 1 aliphatic heterocycles. The van der Waals surface area contributed by atoms with Gasteiger partial charge in [0.25, 0.3) is 0 Å². The van der Waals surface area contributed by atoms with Crippen molar-refractivity contribution in [3.8, 4) is 11.5 Å². The highest BCUT2D eigenvalue weighted by molar-refractivity contribution is 7.89. The molecule has 0 aliphatic carbocycles. The van der Waals surface area contributed by atoms with Crippen LogP contribution in [0.5, 0.6) is 11.5 Å². The quantitative estimate of drug-likeness (QED) is 0.644. The van der Waals surface area contributed by atoms with E-state index in [4.69, 9.17) is 9.47 Å². The molecule has 1 amide bonds. The monoisotopic (exact) mass is 447 g/mol. The molecule has 0 saturated carbocycles. The number of rotatable bonds is 8. The first-order chi connectivity index (χ1) is 14.9. The minimum absolute atomic E-state index is 0.0548. The predicted octanol–water partition coefficient (Wildman–Crippen LogP) is 3.32. The topological polar surface area (TPSA) is 97.0 Å². The summed E-state index contributed by atoms with van der Waals surface area (Å²) in [4.78, 5) is 12.6. The molecule has 168 valence electrons. The average Bonchev–Trinajstić information content (AvgIpc) is 3.08. The third-order valence-corrected chi connectivity index (χ3v) is 7.06. The molecule has 2 aromatic rings. The van der Waals surface area contributed by atoms with Crippen LogP contribution in [0, 0.1) is 0 Å². The molecule has 1 heterocycles. The number of methoxy groups -OCH3 is 2. The van der Waals surface area contributed by atoms with Gasteiger partial charge in [-0.25, -0.2) is 8.42 Å². The minimum atomic E-state index is -3.60. The summed E-state index contributed by atoms with van der Waals surface area (Å²) >= 11 is 0. The van der Waals surface area contributed by atoms with E-state index in [-0.39, 0.29) is 17.3 Å². The van der Waals surface area contributed by atoms with E-state index in [2.05, 4.69) is 10.6 Å². The van der Waals surface area contributed by atoms with Crippen molar-refractivity contribution in [2.24, 2.45) is 0 Å². The van der Waals surface area contributed by atoms with Crippen molar-refractivity contribution < 1.29 is 22.7 Å². The molecule has 2 aromatic carbocycles. The van der Waals surface area contributed by atoms with E-state index >= 15 is 0 Å². The fraction of sp³-hybridized carbons (Fsp3) is 0.409. The van der Waals surface area contributed by atoms with Crippen LogP contribution < -0.4 is 20.1 Å². The number of benzene rings is 2. The SMILES string of the molecule is COc1cccc(NC(=O)CNc2cc(S(=O)(=O)N3CCCCCC3)ccc2OC)c1. The van der Waals surface area contributed by atoms with E-state index in [9.17, 15) is 13.2 Å². The molecule has 0 bridgehead atoms. The number of amides is 1. The zero-order chi connectivity index (χ0) is 22.3. The van der Waals surface area contributed by atoms with Gasteiger partial charge in [0.2, 0.25) is 15.9 Å². The molecule has 3 rings (SSSR count). The lowest BCUT2D eigenvalue weighted by molar-refractivity contribution is -0.114. The van der Waals surface area contributed by atoms with Crippen LogP contribution in [0.25, 0.3) is 0 Å². The van der Waals surface area contributed by atoms with Crippen LogP contribution in [-0.4, -0.2) is 52.5 Å². The number of nitrogens with zero attached hydrogens (tertiary/aromatic N) is 1. The molecule has 1 fully saturated rings. The molecular formula is C22H29N3O5S. The number of carbonyl (C=O) groups excluding carboxylic acids is 1. The Morgan fingerprint density at radius 2 is 1.74 bits per heavy atom. The van der Waals surface area contributed by atoms with Gasteiger partial charge in [-0.05, 0) is 43.2 Å². The number of anilines is 2. The molecule has 1 aliphatic rings. The number of ether oxygens (including phenoxy) is 2. The molecule has 9 heteroatoms. The average molecular weight is 448 g/mol. The van der Waals surface area contributed by atoms with Gasteiger partial charge < -0.3 is 20.1 Å². The summed E-state index contributed by atoms with van der Waals surface area (Å²) in [6, 6.07) is 11.7. The Bertz CT molecular complexity index is 1000. The van der Waals surface area contributed by atoms with Gasteiger partial charge in [0.15, 0.2) is 0 Å². The summed E-state index contributed by atoms with van der Waals surface area (Å²) in [7, 11) is -0.548. The largest absolute Gasteiger partial charge is 0.497 e. The Balaban J connectivity index is 1.72. The van der Waals surface area contributed by atoms with E-state index in [0.717, 1.165) is 25.7 Å². The lowest BCUT2D eigenvalue weighted by atomic mass is 10.2. The Hall–Kier alpha value is -2.78. The van der Waals surface area contributed by atoms with Gasteiger partial charge in [0, 0.05) is 24.8 Å². The van der Waals surface area contributed by atoms with Crippen molar-refractivity contribution in [3.63, 3.8) is 0 Å². The smallest absolute Gasteiger partial charge is 0.243 e. The lowest BCUT2D eigenvalue weighted by Crippen LogP contribution is -2.32. The maximum atomic E-state index is 13.1. The number of nitrogens with one attached hydrogen (secondary N) is 2. The molecule has 0 spiro atoms. The Morgan fingerprint density at radius 3 is 2.42 bits per heavy atom. The first-order valence-electron chi connectivity index (χ1n) is 10.3. The maximum Gasteiger partial charge on any atom is 0.243 e.